The summed E-state index contributed by atoms with van der Waals surface area (Å²) in [4.78, 5) is 16.8. The lowest BCUT2D eigenvalue weighted by Gasteiger charge is -2.21. The fourth-order valence-corrected chi connectivity index (χ4v) is 3.26. The van der Waals surface area contributed by atoms with E-state index < -0.39 is 0 Å². The Hall–Kier alpha value is -2.41. The second-order valence-corrected chi connectivity index (χ2v) is 6.79. The zero-order chi connectivity index (χ0) is 16.7. The van der Waals surface area contributed by atoms with Gasteiger partial charge < -0.3 is 16.4 Å². The van der Waals surface area contributed by atoms with Crippen molar-refractivity contribution in [3.63, 3.8) is 0 Å². The number of carbonyl (C=O) groups is 1. The number of hydrogen-bond acceptors (Lipinski definition) is 4. The highest BCUT2D eigenvalue weighted by Gasteiger charge is 2.29. The Kier molecular flexibility index (Phi) is 3.72. The highest BCUT2D eigenvalue weighted by Crippen LogP contribution is 2.42. The molecule has 1 fully saturated rings. The van der Waals surface area contributed by atoms with Gasteiger partial charge in [-0.15, -0.1) is 0 Å². The fraction of sp³-hybridized carbons (Fsp3) is 0.471. The average molecular weight is 326 g/mol. The first-order chi connectivity index (χ1) is 11.6. The smallest absolute Gasteiger partial charge is 0.323 e. The van der Waals surface area contributed by atoms with Crippen molar-refractivity contribution in [1.29, 1.82) is 0 Å². The molecule has 0 spiro atoms. The van der Waals surface area contributed by atoms with Crippen molar-refractivity contribution in [2.24, 2.45) is 12.8 Å². The van der Waals surface area contributed by atoms with Crippen LogP contribution in [0.15, 0.2) is 18.5 Å². The van der Waals surface area contributed by atoms with Crippen molar-refractivity contribution in [2.45, 2.75) is 44.1 Å². The van der Waals surface area contributed by atoms with Crippen molar-refractivity contribution < 1.29 is 4.79 Å². The lowest BCUT2D eigenvalue weighted by molar-refractivity contribution is 0.262. The standard InChI is InChI=1S/C17H22N6O/c1-23-9-15(16(22-23)10-2-3-10)21-17(24)20-13-7-11-6-12(18)4-5-14(11)19-8-13/h7-10,12H,2-6,18H2,1H3,(H2,20,21,24). The van der Waals surface area contributed by atoms with Gasteiger partial charge in [0.1, 0.15) is 0 Å². The van der Waals surface area contributed by atoms with Crippen LogP contribution in [0.5, 0.6) is 0 Å². The number of nitrogens with two attached hydrogens (primary N) is 1. The van der Waals surface area contributed by atoms with Crippen LogP contribution in [-0.4, -0.2) is 26.8 Å². The molecular formula is C17H22N6O. The van der Waals surface area contributed by atoms with Crippen molar-refractivity contribution in [2.75, 3.05) is 10.6 Å². The van der Waals surface area contributed by atoms with Gasteiger partial charge in [0.15, 0.2) is 0 Å². The summed E-state index contributed by atoms with van der Waals surface area (Å²) in [7, 11) is 1.87. The number of nitrogens with one attached hydrogen (secondary N) is 2. The fourth-order valence-electron chi connectivity index (χ4n) is 3.26. The van der Waals surface area contributed by atoms with E-state index in [1.807, 2.05) is 19.3 Å². The topological polar surface area (TPSA) is 97.9 Å². The highest BCUT2D eigenvalue weighted by molar-refractivity contribution is 6.00. The average Bonchev–Trinajstić information content (AvgIpc) is 3.31. The van der Waals surface area contributed by atoms with Gasteiger partial charge in [-0.2, -0.15) is 5.10 Å². The number of pyridine rings is 1. The van der Waals surface area contributed by atoms with Crippen molar-refractivity contribution >= 4 is 17.4 Å². The van der Waals surface area contributed by atoms with E-state index in [2.05, 4.69) is 20.7 Å². The maximum atomic E-state index is 12.3. The predicted molar refractivity (Wildman–Crippen MR) is 92.1 cm³/mol. The van der Waals surface area contributed by atoms with Crippen LogP contribution >= 0.6 is 0 Å². The Balaban J connectivity index is 1.46. The van der Waals surface area contributed by atoms with Crippen LogP contribution in [0.3, 0.4) is 0 Å². The first-order valence-electron chi connectivity index (χ1n) is 8.43. The first kappa shape index (κ1) is 15.1. The molecule has 2 heterocycles. The molecule has 7 heteroatoms. The van der Waals surface area contributed by atoms with Crippen LogP contribution in [0.2, 0.25) is 0 Å². The van der Waals surface area contributed by atoms with E-state index in [9.17, 15) is 4.79 Å². The van der Waals surface area contributed by atoms with Crippen LogP contribution in [0.4, 0.5) is 16.2 Å². The maximum absolute atomic E-state index is 12.3. The molecule has 2 aromatic heterocycles. The van der Waals surface area contributed by atoms with E-state index in [0.717, 1.165) is 54.7 Å². The monoisotopic (exact) mass is 326 g/mol. The quantitative estimate of drug-likeness (QED) is 0.805. The molecule has 4 rings (SSSR count). The molecule has 2 aromatic rings. The Bertz CT molecular complexity index is 779. The zero-order valence-electron chi connectivity index (χ0n) is 13.7. The number of rotatable bonds is 3. The van der Waals surface area contributed by atoms with Crippen LogP contribution < -0.4 is 16.4 Å². The molecule has 24 heavy (non-hydrogen) atoms. The minimum Gasteiger partial charge on any atom is -0.327 e. The molecule has 0 aliphatic heterocycles. The van der Waals surface area contributed by atoms with Gasteiger partial charge in [-0.05, 0) is 43.7 Å². The summed E-state index contributed by atoms with van der Waals surface area (Å²) in [6, 6.07) is 1.89. The van der Waals surface area contributed by atoms with Gasteiger partial charge in [0.05, 0.1) is 23.3 Å². The Labute approximate surface area is 140 Å². The molecule has 0 radical (unpaired) electrons. The normalized spacial score (nSPS) is 19.7. The molecule has 126 valence electrons. The number of aryl methyl sites for hydroxylation is 2. The van der Waals surface area contributed by atoms with Gasteiger partial charge >= 0.3 is 6.03 Å². The summed E-state index contributed by atoms with van der Waals surface area (Å²) in [5, 5.41) is 10.2. The summed E-state index contributed by atoms with van der Waals surface area (Å²) in [6.45, 7) is 0. The molecule has 0 aromatic carbocycles. The van der Waals surface area contributed by atoms with Crippen LogP contribution in [0.1, 0.15) is 42.1 Å². The second kappa shape index (κ2) is 5.90. The van der Waals surface area contributed by atoms with Gasteiger partial charge in [-0.3, -0.25) is 9.67 Å². The summed E-state index contributed by atoms with van der Waals surface area (Å²) in [5.74, 6) is 0.480. The van der Waals surface area contributed by atoms with Crippen LogP contribution in [-0.2, 0) is 19.9 Å². The van der Waals surface area contributed by atoms with Gasteiger partial charge in [-0.25, -0.2) is 4.79 Å². The summed E-state index contributed by atoms with van der Waals surface area (Å²) in [5.41, 5.74) is 10.7. The highest BCUT2D eigenvalue weighted by atomic mass is 16.2. The van der Waals surface area contributed by atoms with Gasteiger partial charge in [0.25, 0.3) is 0 Å². The number of urea groups is 1. The maximum Gasteiger partial charge on any atom is 0.323 e. The third kappa shape index (κ3) is 3.12. The van der Waals surface area contributed by atoms with Crippen LogP contribution in [0, 0.1) is 0 Å². The molecule has 1 unspecified atom stereocenters. The summed E-state index contributed by atoms with van der Waals surface area (Å²) < 4.78 is 1.74. The van der Waals surface area contributed by atoms with E-state index in [1.165, 1.54) is 0 Å². The van der Waals surface area contributed by atoms with Gasteiger partial charge in [0.2, 0.25) is 0 Å². The minimum absolute atomic E-state index is 0.180. The molecule has 2 aliphatic rings. The Morgan fingerprint density at radius 2 is 2.17 bits per heavy atom. The molecule has 2 aliphatic carbocycles. The van der Waals surface area contributed by atoms with E-state index >= 15 is 0 Å². The number of amides is 2. The molecule has 1 atom stereocenters. The second-order valence-electron chi connectivity index (χ2n) is 6.79. The van der Waals surface area contributed by atoms with Gasteiger partial charge in [0, 0.05) is 30.9 Å². The summed E-state index contributed by atoms with van der Waals surface area (Å²) in [6.07, 6.45) is 8.53. The minimum atomic E-state index is -0.272. The molecule has 2 amide bonds. The lowest BCUT2D eigenvalue weighted by Crippen LogP contribution is -2.28. The number of fused-ring (bicyclic) bond motifs is 1. The number of anilines is 2. The van der Waals surface area contributed by atoms with Gasteiger partial charge in [-0.1, -0.05) is 0 Å². The summed E-state index contributed by atoms with van der Waals surface area (Å²) >= 11 is 0. The Morgan fingerprint density at radius 1 is 1.33 bits per heavy atom. The van der Waals surface area contributed by atoms with Crippen molar-refractivity contribution in [3.8, 4) is 0 Å². The number of nitrogens with zero attached hydrogens (tertiary/aromatic N) is 3. The number of aromatic nitrogens is 3. The largest absolute Gasteiger partial charge is 0.327 e. The molecule has 0 bridgehead atoms. The number of carbonyl (C=O) groups excluding carboxylic acids is 1. The molecule has 0 saturated heterocycles. The van der Waals surface area contributed by atoms with E-state index in [0.29, 0.717) is 11.6 Å². The first-order valence-corrected chi connectivity index (χ1v) is 8.43. The molecule has 1 saturated carbocycles. The van der Waals surface area contributed by atoms with Crippen molar-refractivity contribution in [1.82, 2.24) is 14.8 Å². The zero-order valence-corrected chi connectivity index (χ0v) is 13.7. The Morgan fingerprint density at radius 3 is 2.96 bits per heavy atom. The van der Waals surface area contributed by atoms with Crippen LogP contribution in [0.25, 0.3) is 0 Å². The van der Waals surface area contributed by atoms with E-state index in [1.54, 1.807) is 10.9 Å². The SMILES string of the molecule is Cn1cc(NC(=O)Nc2cnc3c(c2)CC(N)CC3)c(C2CC2)n1. The van der Waals surface area contributed by atoms with E-state index in [-0.39, 0.29) is 12.1 Å². The molecular weight excluding hydrogens is 304 g/mol. The third-order valence-corrected chi connectivity index (χ3v) is 4.62. The van der Waals surface area contributed by atoms with E-state index in [4.69, 9.17) is 5.73 Å². The number of hydrogen-bond donors (Lipinski definition) is 3. The van der Waals surface area contributed by atoms with Crippen molar-refractivity contribution in [3.05, 3.63) is 35.4 Å². The molecule has 4 N–H and O–H groups in total. The molecule has 7 nitrogen and oxygen atoms in total. The third-order valence-electron chi connectivity index (χ3n) is 4.62. The lowest BCUT2D eigenvalue weighted by atomic mass is 9.92. The predicted octanol–water partition coefficient (Wildman–Crippen LogP) is 2.15.